The van der Waals surface area contributed by atoms with Gasteiger partial charge in [0.05, 0.1) is 13.5 Å². The van der Waals surface area contributed by atoms with E-state index in [9.17, 15) is 4.79 Å². The number of rotatable bonds is 4. The Morgan fingerprint density at radius 2 is 2.38 bits per heavy atom. The lowest BCUT2D eigenvalue weighted by molar-refractivity contribution is -0.140. The highest BCUT2D eigenvalue weighted by Gasteiger charge is 2.01. The fourth-order valence-electron chi connectivity index (χ4n) is 0.742. The van der Waals surface area contributed by atoms with Crippen molar-refractivity contribution in [1.82, 2.24) is 10.2 Å². The van der Waals surface area contributed by atoms with Crippen LogP contribution in [0.25, 0.3) is 0 Å². The smallest absolute Gasteiger partial charge is 0.307 e. The molecule has 13 heavy (non-hydrogen) atoms. The Morgan fingerprint density at radius 1 is 1.62 bits per heavy atom. The quantitative estimate of drug-likeness (QED) is 0.731. The fourth-order valence-corrected chi connectivity index (χ4v) is 1.36. The average Bonchev–Trinajstić information content (AvgIpc) is 2.51. The molecule has 0 radical (unpaired) electrons. The molecule has 0 saturated carbocycles. The maximum absolute atomic E-state index is 10.7. The summed E-state index contributed by atoms with van der Waals surface area (Å²) in [4.78, 5) is 10.7. The van der Waals surface area contributed by atoms with Gasteiger partial charge >= 0.3 is 5.97 Å². The van der Waals surface area contributed by atoms with E-state index in [0.29, 0.717) is 13.0 Å². The van der Waals surface area contributed by atoms with Gasteiger partial charge < -0.3 is 10.1 Å². The van der Waals surface area contributed by atoms with E-state index in [1.54, 1.807) is 0 Å². The Balaban J connectivity index is 2.24. The van der Waals surface area contributed by atoms with Gasteiger partial charge in [-0.25, -0.2) is 0 Å². The third kappa shape index (κ3) is 3.37. The van der Waals surface area contributed by atoms with Crippen molar-refractivity contribution in [1.29, 1.82) is 0 Å². The van der Waals surface area contributed by atoms with Crippen molar-refractivity contribution in [3.05, 3.63) is 5.01 Å². The molecule has 1 N–H and O–H groups in total. The Kier molecular flexibility index (Phi) is 3.63. The number of ether oxygens (including phenoxy) is 1. The third-order valence-electron chi connectivity index (χ3n) is 1.36. The van der Waals surface area contributed by atoms with Crippen LogP contribution in [0, 0.1) is 6.92 Å². The molecular weight excluding hydrogens is 190 g/mol. The van der Waals surface area contributed by atoms with Crippen LogP contribution in [-0.4, -0.2) is 29.8 Å². The normalized spacial score (nSPS) is 9.69. The zero-order valence-corrected chi connectivity index (χ0v) is 8.35. The van der Waals surface area contributed by atoms with Crippen molar-refractivity contribution in [2.24, 2.45) is 0 Å². The molecule has 0 amide bonds. The lowest BCUT2D eigenvalue weighted by Gasteiger charge is -1.99. The van der Waals surface area contributed by atoms with Crippen LogP contribution in [0.3, 0.4) is 0 Å². The van der Waals surface area contributed by atoms with Gasteiger partial charge in [0.1, 0.15) is 5.01 Å². The van der Waals surface area contributed by atoms with Crippen molar-refractivity contribution in [3.8, 4) is 0 Å². The summed E-state index contributed by atoms with van der Waals surface area (Å²) in [6, 6.07) is 0. The summed E-state index contributed by atoms with van der Waals surface area (Å²) >= 11 is 1.46. The highest BCUT2D eigenvalue weighted by Crippen LogP contribution is 2.12. The molecule has 6 heteroatoms. The number of hydrogen-bond donors (Lipinski definition) is 1. The van der Waals surface area contributed by atoms with Gasteiger partial charge in [0, 0.05) is 6.54 Å². The number of hydrogen-bond acceptors (Lipinski definition) is 6. The number of esters is 1. The summed E-state index contributed by atoms with van der Waals surface area (Å²) in [5.41, 5.74) is 0. The van der Waals surface area contributed by atoms with Crippen LogP contribution >= 0.6 is 11.3 Å². The van der Waals surface area contributed by atoms with E-state index in [4.69, 9.17) is 0 Å². The number of nitrogens with one attached hydrogen (secondary N) is 1. The van der Waals surface area contributed by atoms with Crippen LogP contribution in [0.4, 0.5) is 5.13 Å². The molecule has 1 rings (SSSR count). The third-order valence-corrected chi connectivity index (χ3v) is 2.16. The molecule has 0 bridgehead atoms. The summed E-state index contributed by atoms with van der Waals surface area (Å²) in [7, 11) is 1.37. The van der Waals surface area contributed by atoms with E-state index < -0.39 is 0 Å². The first-order valence-electron chi connectivity index (χ1n) is 3.83. The molecule has 1 aromatic rings. The highest BCUT2D eigenvalue weighted by molar-refractivity contribution is 7.15. The van der Waals surface area contributed by atoms with Crippen LogP contribution in [0.2, 0.25) is 0 Å². The Labute approximate surface area is 80.1 Å². The van der Waals surface area contributed by atoms with Gasteiger partial charge in [-0.2, -0.15) is 0 Å². The molecule has 0 aliphatic rings. The number of carbonyl (C=O) groups is 1. The van der Waals surface area contributed by atoms with E-state index in [-0.39, 0.29) is 5.97 Å². The number of aryl methyl sites for hydroxylation is 1. The Bertz CT molecular complexity index is 287. The molecule has 0 unspecified atom stereocenters. The minimum absolute atomic E-state index is 0.228. The standard InChI is InChI=1S/C7H11N3O2S/c1-5-9-10-7(13-5)8-4-3-6(11)12-2/h3-4H2,1-2H3,(H,8,10). The van der Waals surface area contributed by atoms with E-state index in [0.717, 1.165) is 10.1 Å². The summed E-state index contributed by atoms with van der Waals surface area (Å²) in [6.07, 6.45) is 0.342. The number of carbonyl (C=O) groups excluding carboxylic acids is 1. The van der Waals surface area contributed by atoms with Crippen LogP contribution in [0.5, 0.6) is 0 Å². The highest BCUT2D eigenvalue weighted by atomic mass is 32.1. The van der Waals surface area contributed by atoms with Gasteiger partial charge in [-0.3, -0.25) is 4.79 Å². The zero-order valence-electron chi connectivity index (χ0n) is 7.53. The summed E-state index contributed by atoms with van der Waals surface area (Å²) < 4.78 is 4.48. The lowest BCUT2D eigenvalue weighted by atomic mass is 10.4. The molecular formula is C7H11N3O2S. The molecule has 5 nitrogen and oxygen atoms in total. The summed E-state index contributed by atoms with van der Waals surface area (Å²) in [6.45, 7) is 2.41. The molecule has 0 saturated heterocycles. The van der Waals surface area contributed by atoms with E-state index in [1.807, 2.05) is 6.92 Å². The van der Waals surface area contributed by atoms with Crippen LogP contribution in [0.15, 0.2) is 0 Å². The van der Waals surface area contributed by atoms with Crippen molar-refractivity contribution >= 4 is 22.4 Å². The first-order valence-corrected chi connectivity index (χ1v) is 4.65. The van der Waals surface area contributed by atoms with E-state index >= 15 is 0 Å². The molecule has 0 aromatic carbocycles. The van der Waals surface area contributed by atoms with Crippen LogP contribution < -0.4 is 5.32 Å². The van der Waals surface area contributed by atoms with Crippen LogP contribution in [-0.2, 0) is 9.53 Å². The molecule has 0 aliphatic carbocycles. The van der Waals surface area contributed by atoms with Crippen molar-refractivity contribution < 1.29 is 9.53 Å². The zero-order chi connectivity index (χ0) is 9.68. The number of anilines is 1. The topological polar surface area (TPSA) is 64.1 Å². The van der Waals surface area contributed by atoms with Crippen molar-refractivity contribution in [3.63, 3.8) is 0 Å². The van der Waals surface area contributed by atoms with Gasteiger partial charge in [-0.15, -0.1) is 10.2 Å². The van der Waals surface area contributed by atoms with Crippen molar-refractivity contribution in [2.75, 3.05) is 19.0 Å². The molecule has 0 atom stereocenters. The molecule has 1 heterocycles. The largest absolute Gasteiger partial charge is 0.469 e. The van der Waals surface area contributed by atoms with Gasteiger partial charge in [0.25, 0.3) is 0 Å². The number of methoxy groups -OCH3 is 1. The van der Waals surface area contributed by atoms with Crippen molar-refractivity contribution in [2.45, 2.75) is 13.3 Å². The molecule has 0 aliphatic heterocycles. The van der Waals surface area contributed by atoms with E-state index in [2.05, 4.69) is 20.3 Å². The predicted molar refractivity (Wildman–Crippen MR) is 49.8 cm³/mol. The summed E-state index contributed by atoms with van der Waals surface area (Å²) in [5, 5.41) is 12.3. The maximum atomic E-state index is 10.7. The molecule has 0 spiro atoms. The summed E-state index contributed by atoms with van der Waals surface area (Å²) in [5.74, 6) is -0.228. The maximum Gasteiger partial charge on any atom is 0.307 e. The molecule has 1 aromatic heterocycles. The number of aromatic nitrogens is 2. The minimum atomic E-state index is -0.228. The van der Waals surface area contributed by atoms with Crippen LogP contribution in [0.1, 0.15) is 11.4 Å². The van der Waals surface area contributed by atoms with Gasteiger partial charge in [-0.05, 0) is 6.92 Å². The first kappa shape index (κ1) is 9.91. The monoisotopic (exact) mass is 201 g/mol. The van der Waals surface area contributed by atoms with Gasteiger partial charge in [0.2, 0.25) is 5.13 Å². The minimum Gasteiger partial charge on any atom is -0.469 e. The second kappa shape index (κ2) is 4.76. The fraction of sp³-hybridized carbons (Fsp3) is 0.571. The second-order valence-corrected chi connectivity index (χ2v) is 3.56. The second-order valence-electron chi connectivity index (χ2n) is 2.38. The Morgan fingerprint density at radius 3 is 2.92 bits per heavy atom. The SMILES string of the molecule is COC(=O)CCNc1nnc(C)s1. The number of nitrogens with zero attached hydrogens (tertiary/aromatic N) is 2. The predicted octanol–water partition coefficient (Wildman–Crippen LogP) is 0.822. The van der Waals surface area contributed by atoms with Gasteiger partial charge in [-0.1, -0.05) is 11.3 Å². The Hall–Kier alpha value is -1.17. The van der Waals surface area contributed by atoms with E-state index in [1.165, 1.54) is 18.4 Å². The molecule has 72 valence electrons. The average molecular weight is 201 g/mol. The van der Waals surface area contributed by atoms with Gasteiger partial charge in [0.15, 0.2) is 0 Å². The molecule has 0 fully saturated rings. The lowest BCUT2D eigenvalue weighted by Crippen LogP contribution is -2.09. The first-order chi connectivity index (χ1) is 6.22.